The average molecular weight is 107 g/mol. The fourth-order valence-electron chi connectivity index (χ4n) is 0.257. The predicted molar refractivity (Wildman–Crippen MR) is 26.7 cm³/mol. The van der Waals surface area contributed by atoms with Gasteiger partial charge < -0.3 is 0 Å². The molecule has 32 valence electrons. The quantitative estimate of drug-likeness (QED) is 0.489. The molecular weight excluding hydrogens is 106 g/mol. The second kappa shape index (κ2) is 1.76. The van der Waals surface area contributed by atoms with Crippen molar-refractivity contribution in [3.8, 4) is 6.07 Å². The lowest BCUT2D eigenvalue weighted by Crippen LogP contribution is -1.55. The molecule has 1 nitrogen and oxygen atoms in total. The smallest absolute Gasteiger partial charge is 0.101 e. The van der Waals surface area contributed by atoms with Crippen LogP contribution in [-0.4, -0.2) is 0 Å². The molecule has 0 spiro atoms. The molecule has 0 atom stereocenters. The van der Waals surface area contributed by atoms with Crippen molar-refractivity contribution in [2.75, 3.05) is 0 Å². The van der Waals surface area contributed by atoms with Crippen molar-refractivity contribution in [3.05, 3.63) is 22.4 Å². The first-order valence-electron chi connectivity index (χ1n) is 1.71. The number of nitriles is 1. The summed E-state index contributed by atoms with van der Waals surface area (Å²) in [5, 5.41) is 13.6. The molecule has 2 heteroatoms. The van der Waals surface area contributed by atoms with Crippen LogP contribution in [0, 0.1) is 22.1 Å². The Kier molecular flexibility index (Phi) is 1.10. The fraction of sp³-hybridized carbons (Fsp3) is 0. The Balaban J connectivity index is 3.04. The Hall–Kier alpha value is -0.810. The summed E-state index contributed by atoms with van der Waals surface area (Å²) in [5.74, 6) is 0. The van der Waals surface area contributed by atoms with Crippen molar-refractivity contribution >= 4 is 11.3 Å². The second-order valence-electron chi connectivity index (χ2n) is 0.992. The Morgan fingerprint density at radius 2 is 2.71 bits per heavy atom. The molecule has 7 heavy (non-hydrogen) atoms. The fourth-order valence-corrected chi connectivity index (χ4v) is 0.708. The van der Waals surface area contributed by atoms with Crippen LogP contribution in [0.3, 0.4) is 0 Å². The Bertz CT molecular complexity index is 170. The first kappa shape index (κ1) is 4.35. The van der Waals surface area contributed by atoms with Gasteiger partial charge in [0.05, 0.1) is 10.9 Å². The summed E-state index contributed by atoms with van der Waals surface area (Å²) < 4.78 is 0. The molecule has 1 aromatic rings. The van der Waals surface area contributed by atoms with Crippen LogP contribution in [0.1, 0.15) is 5.56 Å². The van der Waals surface area contributed by atoms with Crippen molar-refractivity contribution in [3.63, 3.8) is 0 Å². The van der Waals surface area contributed by atoms with Crippen LogP contribution in [0.4, 0.5) is 0 Å². The van der Waals surface area contributed by atoms with Gasteiger partial charge in [-0.25, -0.2) is 0 Å². The molecule has 0 saturated carbocycles. The zero-order valence-corrected chi connectivity index (χ0v) is 4.25. The van der Waals surface area contributed by atoms with Crippen LogP contribution in [0.2, 0.25) is 0 Å². The number of rotatable bonds is 0. The summed E-state index contributed by atoms with van der Waals surface area (Å²) in [6.07, 6.45) is 0. The van der Waals surface area contributed by atoms with E-state index < -0.39 is 0 Å². The van der Waals surface area contributed by atoms with E-state index in [0.717, 1.165) is 0 Å². The predicted octanol–water partition coefficient (Wildman–Crippen LogP) is 1.22. The molecule has 0 fully saturated rings. The molecular formula is C5HNS. The van der Waals surface area contributed by atoms with Crippen molar-refractivity contribution in [1.82, 2.24) is 0 Å². The van der Waals surface area contributed by atoms with Gasteiger partial charge in [-0.3, -0.25) is 0 Å². The van der Waals surface area contributed by atoms with Gasteiger partial charge in [-0.1, -0.05) is 0 Å². The van der Waals surface area contributed by atoms with E-state index in [0.29, 0.717) is 5.56 Å². The van der Waals surface area contributed by atoms with Crippen LogP contribution in [0.5, 0.6) is 0 Å². The van der Waals surface area contributed by atoms with Gasteiger partial charge in [0.2, 0.25) is 0 Å². The Labute approximate surface area is 45.8 Å². The normalized spacial score (nSPS) is 7.86. The van der Waals surface area contributed by atoms with Crippen molar-refractivity contribution in [2.45, 2.75) is 0 Å². The molecule has 1 aromatic heterocycles. The maximum Gasteiger partial charge on any atom is 0.101 e. The summed E-state index contributed by atoms with van der Waals surface area (Å²) in [4.78, 5) is 0. The van der Waals surface area contributed by atoms with Gasteiger partial charge in [0, 0.05) is 5.38 Å². The molecule has 0 amide bonds. The maximum absolute atomic E-state index is 8.13. The highest BCUT2D eigenvalue weighted by Crippen LogP contribution is 1.99. The Morgan fingerprint density at radius 1 is 1.86 bits per heavy atom. The lowest BCUT2D eigenvalue weighted by Gasteiger charge is -1.60. The second-order valence-corrected chi connectivity index (χ2v) is 1.64. The number of thiophene rings is 1. The minimum atomic E-state index is 0.574. The highest BCUT2D eigenvalue weighted by atomic mass is 32.1. The first-order chi connectivity index (χ1) is 3.43. The minimum absolute atomic E-state index is 0.574. The average Bonchev–Trinajstić information content (AvgIpc) is 2.14. The third-order valence-electron chi connectivity index (χ3n) is 0.544. The van der Waals surface area contributed by atoms with E-state index in [1.54, 1.807) is 6.07 Å². The molecule has 0 saturated heterocycles. The van der Waals surface area contributed by atoms with Gasteiger partial charge >= 0.3 is 0 Å². The third-order valence-corrected chi connectivity index (χ3v) is 1.10. The minimum Gasteiger partial charge on any atom is -0.192 e. The number of hydrogen-bond acceptors (Lipinski definition) is 2. The summed E-state index contributed by atoms with van der Waals surface area (Å²) in [5.41, 5.74) is 0.574. The summed E-state index contributed by atoms with van der Waals surface area (Å²) in [6, 6.07) is 3.55. The van der Waals surface area contributed by atoms with Gasteiger partial charge in [-0.05, 0) is 6.07 Å². The highest BCUT2D eigenvalue weighted by Gasteiger charge is 1.84. The van der Waals surface area contributed by atoms with Crippen LogP contribution in [-0.2, 0) is 0 Å². The molecule has 1 rings (SSSR count). The molecule has 0 aliphatic rings. The lowest BCUT2D eigenvalue weighted by atomic mass is 10.4. The van der Waals surface area contributed by atoms with E-state index in [1.165, 1.54) is 11.3 Å². The van der Waals surface area contributed by atoms with Crippen molar-refractivity contribution < 1.29 is 0 Å². The van der Waals surface area contributed by atoms with E-state index >= 15 is 0 Å². The van der Waals surface area contributed by atoms with E-state index in [9.17, 15) is 0 Å². The van der Waals surface area contributed by atoms with Crippen molar-refractivity contribution in [2.24, 2.45) is 0 Å². The SMILES string of the molecule is N#Cc1[c]s[c]c1. The lowest BCUT2D eigenvalue weighted by molar-refractivity contribution is 1.51. The van der Waals surface area contributed by atoms with E-state index in [1.807, 2.05) is 6.07 Å². The van der Waals surface area contributed by atoms with Gasteiger partial charge in [-0.2, -0.15) is 5.26 Å². The van der Waals surface area contributed by atoms with E-state index in [4.69, 9.17) is 5.26 Å². The molecule has 0 aromatic carbocycles. The summed E-state index contributed by atoms with van der Waals surface area (Å²) in [7, 11) is 0. The molecule has 1 heterocycles. The number of nitrogens with zero attached hydrogens (tertiary/aromatic N) is 1. The molecule has 0 aliphatic heterocycles. The molecule has 0 N–H and O–H groups in total. The van der Waals surface area contributed by atoms with Gasteiger partial charge in [0.25, 0.3) is 0 Å². The standard InChI is InChI=1S/C5HNS/c6-3-5-1-2-7-4-5/h1H. The van der Waals surface area contributed by atoms with Crippen molar-refractivity contribution in [1.29, 1.82) is 5.26 Å². The highest BCUT2D eigenvalue weighted by molar-refractivity contribution is 7.07. The molecule has 2 radical (unpaired) electrons. The summed E-state index contributed by atoms with van der Waals surface area (Å²) in [6.45, 7) is 0. The van der Waals surface area contributed by atoms with Gasteiger partial charge in [-0.15, -0.1) is 11.3 Å². The van der Waals surface area contributed by atoms with Gasteiger partial charge in [0.1, 0.15) is 6.07 Å². The van der Waals surface area contributed by atoms with Crippen LogP contribution >= 0.6 is 11.3 Å². The maximum atomic E-state index is 8.13. The first-order valence-corrected chi connectivity index (χ1v) is 2.53. The number of hydrogen-bond donors (Lipinski definition) is 0. The molecule has 0 bridgehead atoms. The van der Waals surface area contributed by atoms with Gasteiger partial charge in [0.15, 0.2) is 0 Å². The summed E-state index contributed by atoms with van der Waals surface area (Å²) >= 11 is 1.29. The third kappa shape index (κ3) is 0.787. The zero-order valence-electron chi connectivity index (χ0n) is 3.43. The van der Waals surface area contributed by atoms with E-state index in [-0.39, 0.29) is 0 Å². The largest absolute Gasteiger partial charge is 0.192 e. The van der Waals surface area contributed by atoms with E-state index in [2.05, 4.69) is 10.8 Å². The monoisotopic (exact) mass is 107 g/mol. The molecule has 0 aliphatic carbocycles. The van der Waals surface area contributed by atoms with Crippen LogP contribution in [0.15, 0.2) is 6.07 Å². The van der Waals surface area contributed by atoms with Crippen LogP contribution < -0.4 is 0 Å². The topological polar surface area (TPSA) is 23.8 Å². The zero-order chi connectivity index (χ0) is 5.11. The Morgan fingerprint density at radius 3 is 3.00 bits per heavy atom. The van der Waals surface area contributed by atoms with Crippen LogP contribution in [0.25, 0.3) is 0 Å². The molecule has 0 unspecified atom stereocenters.